The largest absolute Gasteiger partial charge is 0.466 e. The van der Waals surface area contributed by atoms with Crippen molar-refractivity contribution in [1.29, 1.82) is 0 Å². The van der Waals surface area contributed by atoms with Gasteiger partial charge in [0.15, 0.2) is 0 Å². The number of ether oxygens (including phenoxy) is 2. The number of aromatic nitrogens is 1. The lowest BCUT2D eigenvalue weighted by Crippen LogP contribution is -2.44. The van der Waals surface area contributed by atoms with Crippen LogP contribution in [-0.4, -0.2) is 67.1 Å². The average molecular weight is 424 g/mol. The van der Waals surface area contributed by atoms with Crippen LogP contribution in [0.4, 0.5) is 5.69 Å². The molecule has 0 radical (unpaired) electrons. The fraction of sp³-hybridized carbons (Fsp3) is 0.619. The third-order valence-electron chi connectivity index (χ3n) is 4.63. The first kappa shape index (κ1) is 25.7. The van der Waals surface area contributed by atoms with Gasteiger partial charge in [-0.1, -0.05) is 20.8 Å². The van der Waals surface area contributed by atoms with E-state index in [0.29, 0.717) is 49.8 Å². The Morgan fingerprint density at radius 2 is 2.10 bits per heavy atom. The van der Waals surface area contributed by atoms with E-state index in [-0.39, 0.29) is 25.1 Å². The molecular weight excluding hydrogens is 386 g/mol. The highest BCUT2D eigenvalue weighted by Crippen LogP contribution is 2.25. The molecule has 30 heavy (non-hydrogen) atoms. The van der Waals surface area contributed by atoms with Gasteiger partial charge in [-0.3, -0.25) is 4.79 Å². The predicted molar refractivity (Wildman–Crippen MR) is 118 cm³/mol. The fourth-order valence-electron chi connectivity index (χ4n) is 3.19. The second-order valence-electron chi connectivity index (χ2n) is 6.59. The smallest absolute Gasteiger partial charge is 0.308 e. The van der Waals surface area contributed by atoms with Gasteiger partial charge in [-0.2, -0.15) is 0 Å². The summed E-state index contributed by atoms with van der Waals surface area (Å²) in [6.45, 7) is 9.74. The van der Waals surface area contributed by atoms with Crippen molar-refractivity contribution in [3.63, 3.8) is 0 Å². The summed E-state index contributed by atoms with van der Waals surface area (Å²) in [6.07, 6.45) is 0.730. The summed E-state index contributed by atoms with van der Waals surface area (Å²) in [7, 11) is 1.62. The Morgan fingerprint density at radius 3 is 2.67 bits per heavy atom. The van der Waals surface area contributed by atoms with E-state index in [1.165, 1.54) is 5.01 Å². The van der Waals surface area contributed by atoms with Gasteiger partial charge < -0.3 is 30.2 Å². The molecule has 1 fully saturated rings. The average Bonchev–Trinajstić information content (AvgIpc) is 2.75. The van der Waals surface area contributed by atoms with Crippen molar-refractivity contribution >= 4 is 17.4 Å². The molecule has 2 heterocycles. The number of aliphatic hydroxyl groups excluding tert-OH is 1. The van der Waals surface area contributed by atoms with E-state index in [4.69, 9.17) is 21.1 Å². The molecule has 2 rings (SSSR count). The lowest BCUT2D eigenvalue weighted by atomic mass is 10.1. The molecule has 1 atom stereocenters. The molecule has 1 aliphatic heterocycles. The molecule has 0 aliphatic carbocycles. The van der Waals surface area contributed by atoms with Crippen molar-refractivity contribution in [3.8, 4) is 0 Å². The molecule has 9 nitrogen and oxygen atoms in total. The maximum atomic E-state index is 11.8. The summed E-state index contributed by atoms with van der Waals surface area (Å²) in [4.78, 5) is 18.6. The summed E-state index contributed by atoms with van der Waals surface area (Å²) in [6, 6.07) is 3.78. The molecule has 1 aromatic rings. The second kappa shape index (κ2) is 13.0. The molecule has 0 amide bonds. The Morgan fingerprint density at radius 1 is 1.40 bits per heavy atom. The third-order valence-corrected chi connectivity index (χ3v) is 4.63. The Balaban J connectivity index is 0.00000218. The number of nitrogens with two attached hydrogens (primary N) is 2. The third kappa shape index (κ3) is 6.86. The Kier molecular flexibility index (Phi) is 11.2. The molecule has 9 heteroatoms. The summed E-state index contributed by atoms with van der Waals surface area (Å²) in [5.74, 6) is 5.48. The van der Waals surface area contributed by atoms with E-state index in [1.54, 1.807) is 14.0 Å². The standard InChI is InChI=1S/C19H31N5O4.C2H6/c1-4-14-16(7-6-15(22-14)19(20)17(12-25)23(3)21)24-8-9-28-13(11-24)10-18(26)27-5-2;1-2/h6-7,13,25H,4-5,8-12,20-21H2,1-3H3;1-2H3/b19-17-;. The maximum Gasteiger partial charge on any atom is 0.308 e. The van der Waals surface area contributed by atoms with E-state index < -0.39 is 0 Å². The summed E-state index contributed by atoms with van der Waals surface area (Å²) >= 11 is 0. The number of hydrazine groups is 1. The number of hydrogen-bond acceptors (Lipinski definition) is 9. The quantitative estimate of drug-likeness (QED) is 0.321. The van der Waals surface area contributed by atoms with Gasteiger partial charge in [0, 0.05) is 20.1 Å². The van der Waals surface area contributed by atoms with Crippen LogP contribution in [0.5, 0.6) is 0 Å². The van der Waals surface area contributed by atoms with E-state index in [9.17, 15) is 9.90 Å². The number of hydrogen-bond donors (Lipinski definition) is 3. The number of pyridine rings is 1. The minimum atomic E-state index is -0.275. The Bertz CT molecular complexity index is 709. The molecule has 0 spiro atoms. The SMILES string of the molecule is CC.CCOC(=O)CC1CN(c2ccc(/C(N)=C(\CO)N(C)N)nc2CC)CCO1. The van der Waals surface area contributed by atoms with Gasteiger partial charge in [0.1, 0.15) is 0 Å². The minimum absolute atomic E-state index is 0.214. The lowest BCUT2D eigenvalue weighted by Gasteiger charge is -2.35. The van der Waals surface area contributed by atoms with Crippen molar-refractivity contribution in [2.45, 2.75) is 46.6 Å². The monoisotopic (exact) mass is 423 g/mol. The van der Waals surface area contributed by atoms with Crippen LogP contribution in [0.15, 0.2) is 17.8 Å². The summed E-state index contributed by atoms with van der Waals surface area (Å²) < 4.78 is 10.7. The van der Waals surface area contributed by atoms with Crippen LogP contribution in [-0.2, 0) is 20.7 Å². The van der Waals surface area contributed by atoms with Crippen LogP contribution in [0.1, 0.15) is 45.5 Å². The molecule has 0 aromatic carbocycles. The normalized spacial score (nSPS) is 16.9. The predicted octanol–water partition coefficient (Wildman–Crippen LogP) is 1.25. The van der Waals surface area contributed by atoms with Crippen molar-refractivity contribution in [2.24, 2.45) is 11.6 Å². The Labute approximate surface area is 179 Å². The van der Waals surface area contributed by atoms with Gasteiger partial charge >= 0.3 is 5.97 Å². The molecule has 170 valence electrons. The fourth-order valence-corrected chi connectivity index (χ4v) is 3.19. The van der Waals surface area contributed by atoms with Crippen LogP contribution < -0.4 is 16.5 Å². The highest BCUT2D eigenvalue weighted by molar-refractivity contribution is 5.70. The molecule has 1 aromatic heterocycles. The Hall–Kier alpha value is -2.36. The molecule has 5 N–H and O–H groups in total. The number of rotatable bonds is 8. The van der Waals surface area contributed by atoms with Crippen LogP contribution in [0, 0.1) is 0 Å². The van der Waals surface area contributed by atoms with Crippen molar-refractivity contribution in [2.75, 3.05) is 44.9 Å². The van der Waals surface area contributed by atoms with Gasteiger partial charge in [0.2, 0.25) is 0 Å². The zero-order chi connectivity index (χ0) is 22.7. The highest BCUT2D eigenvalue weighted by atomic mass is 16.5. The van der Waals surface area contributed by atoms with Gasteiger partial charge in [-0.15, -0.1) is 0 Å². The number of nitrogens with zero attached hydrogens (tertiary/aromatic N) is 3. The molecule has 1 aliphatic rings. The van der Waals surface area contributed by atoms with Gasteiger partial charge in [0.05, 0.1) is 60.8 Å². The number of carbonyl (C=O) groups excluding carboxylic acids is 1. The van der Waals surface area contributed by atoms with Crippen molar-refractivity contribution in [3.05, 3.63) is 29.2 Å². The molecule has 0 saturated carbocycles. The van der Waals surface area contributed by atoms with Crippen LogP contribution in [0.25, 0.3) is 5.70 Å². The van der Waals surface area contributed by atoms with Crippen LogP contribution in [0.3, 0.4) is 0 Å². The van der Waals surface area contributed by atoms with E-state index in [0.717, 1.165) is 11.4 Å². The van der Waals surface area contributed by atoms with Gasteiger partial charge in [-0.25, -0.2) is 10.8 Å². The zero-order valence-corrected chi connectivity index (χ0v) is 18.9. The molecule has 1 unspecified atom stereocenters. The summed E-state index contributed by atoms with van der Waals surface area (Å²) in [5.41, 5.74) is 9.35. The van der Waals surface area contributed by atoms with E-state index >= 15 is 0 Å². The van der Waals surface area contributed by atoms with Gasteiger partial charge in [0.25, 0.3) is 0 Å². The molecular formula is C21H37N5O4. The second-order valence-corrected chi connectivity index (χ2v) is 6.59. The number of morpholine rings is 1. The van der Waals surface area contributed by atoms with Crippen molar-refractivity contribution < 1.29 is 19.4 Å². The number of anilines is 1. The van der Waals surface area contributed by atoms with Crippen LogP contribution >= 0.6 is 0 Å². The number of likely N-dealkylation sites (N-methyl/N-ethyl adjacent to an activating group) is 1. The first-order valence-electron chi connectivity index (χ1n) is 10.5. The van der Waals surface area contributed by atoms with Gasteiger partial charge in [-0.05, 0) is 25.5 Å². The summed E-state index contributed by atoms with van der Waals surface area (Å²) in [5, 5.41) is 10.8. The number of esters is 1. The van der Waals surface area contributed by atoms with Crippen LogP contribution in [0.2, 0.25) is 0 Å². The molecule has 1 saturated heterocycles. The lowest BCUT2D eigenvalue weighted by molar-refractivity contribution is -0.146. The molecule has 0 bridgehead atoms. The zero-order valence-electron chi connectivity index (χ0n) is 18.9. The van der Waals surface area contributed by atoms with E-state index in [1.807, 2.05) is 32.9 Å². The number of carbonyl (C=O) groups is 1. The minimum Gasteiger partial charge on any atom is -0.466 e. The number of aryl methyl sites for hydroxylation is 1. The first-order chi connectivity index (χ1) is 14.4. The number of aliphatic hydroxyl groups is 1. The van der Waals surface area contributed by atoms with E-state index in [2.05, 4.69) is 9.88 Å². The highest BCUT2D eigenvalue weighted by Gasteiger charge is 2.25. The first-order valence-corrected chi connectivity index (χ1v) is 10.5. The van der Waals surface area contributed by atoms with Crippen molar-refractivity contribution in [1.82, 2.24) is 9.99 Å². The maximum absolute atomic E-state index is 11.8. The topological polar surface area (TPSA) is 127 Å².